The molecule has 2 aromatic heterocycles. The van der Waals surface area contributed by atoms with E-state index in [9.17, 15) is 4.79 Å². The average Bonchev–Trinajstić information content (AvgIpc) is 3.07. The van der Waals surface area contributed by atoms with Gasteiger partial charge in [0.2, 0.25) is 0 Å². The van der Waals surface area contributed by atoms with Crippen LogP contribution in [0.15, 0.2) is 30.3 Å². The first-order chi connectivity index (χ1) is 10.6. The third-order valence-corrected chi connectivity index (χ3v) is 4.62. The fraction of sp³-hybridized carbons (Fsp3) is 0.250. The van der Waals surface area contributed by atoms with E-state index in [0.717, 1.165) is 27.2 Å². The zero-order valence-electron chi connectivity index (χ0n) is 12.5. The van der Waals surface area contributed by atoms with Gasteiger partial charge in [0.1, 0.15) is 4.83 Å². The Morgan fingerprint density at radius 1 is 1.36 bits per heavy atom. The van der Waals surface area contributed by atoms with Gasteiger partial charge >= 0.3 is 0 Å². The predicted octanol–water partition coefficient (Wildman–Crippen LogP) is 2.43. The normalized spacial score (nSPS) is 11.0. The molecule has 0 atom stereocenters. The Labute approximate surface area is 132 Å². The van der Waals surface area contributed by atoms with Gasteiger partial charge in [-0.15, -0.1) is 11.3 Å². The van der Waals surface area contributed by atoms with E-state index in [1.54, 1.807) is 0 Å². The van der Waals surface area contributed by atoms with E-state index in [4.69, 9.17) is 5.11 Å². The number of benzene rings is 1. The Morgan fingerprint density at radius 2 is 2.14 bits per heavy atom. The summed E-state index contributed by atoms with van der Waals surface area (Å²) in [5, 5.41) is 17.1. The lowest BCUT2D eigenvalue weighted by Crippen LogP contribution is -2.25. The van der Waals surface area contributed by atoms with Gasteiger partial charge in [0, 0.05) is 11.9 Å². The zero-order chi connectivity index (χ0) is 15.7. The van der Waals surface area contributed by atoms with Gasteiger partial charge < -0.3 is 10.4 Å². The van der Waals surface area contributed by atoms with Crippen molar-refractivity contribution in [3.63, 3.8) is 0 Å². The quantitative estimate of drug-likeness (QED) is 0.777. The first-order valence-electron chi connectivity index (χ1n) is 7.06. The van der Waals surface area contributed by atoms with Crippen LogP contribution in [-0.2, 0) is 0 Å². The number of para-hydroxylation sites is 1. The molecule has 0 bridgehead atoms. The largest absolute Gasteiger partial charge is 0.395 e. The molecule has 2 heterocycles. The molecule has 3 rings (SSSR count). The highest BCUT2D eigenvalue weighted by atomic mass is 32.1. The molecule has 0 aliphatic carbocycles. The first kappa shape index (κ1) is 14.7. The molecule has 0 aliphatic heterocycles. The number of nitrogens with one attached hydrogen (secondary N) is 1. The maximum Gasteiger partial charge on any atom is 0.261 e. The number of aliphatic hydroxyl groups is 1. The number of rotatable bonds is 4. The summed E-state index contributed by atoms with van der Waals surface area (Å²) in [7, 11) is 0. The smallest absolute Gasteiger partial charge is 0.261 e. The number of aliphatic hydroxyl groups excluding tert-OH is 1. The van der Waals surface area contributed by atoms with Crippen molar-refractivity contribution in [1.82, 2.24) is 15.1 Å². The van der Waals surface area contributed by atoms with Gasteiger partial charge in [-0.25, -0.2) is 4.68 Å². The van der Waals surface area contributed by atoms with Gasteiger partial charge in [0.15, 0.2) is 0 Å². The summed E-state index contributed by atoms with van der Waals surface area (Å²) in [6.45, 7) is 4.18. The Kier molecular flexibility index (Phi) is 3.96. The molecule has 0 fully saturated rings. The lowest BCUT2D eigenvalue weighted by Gasteiger charge is -2.05. The minimum absolute atomic E-state index is 0.0628. The predicted molar refractivity (Wildman–Crippen MR) is 87.8 cm³/mol. The standard InChI is InChI=1S/C16H17N3O2S/c1-10-5-3-4-6-13(10)19-16-12(11(2)18-19)9-14(22-16)15(21)17-7-8-20/h3-6,9,20H,7-8H2,1-2H3,(H,17,21). The summed E-state index contributed by atoms with van der Waals surface area (Å²) in [6.07, 6.45) is 0. The first-order valence-corrected chi connectivity index (χ1v) is 7.87. The number of hydrogen-bond acceptors (Lipinski definition) is 4. The summed E-state index contributed by atoms with van der Waals surface area (Å²) in [6, 6.07) is 9.90. The second-order valence-corrected chi connectivity index (χ2v) is 6.12. The number of nitrogens with zero attached hydrogens (tertiary/aromatic N) is 2. The number of fused-ring (bicyclic) bond motifs is 1. The van der Waals surface area contributed by atoms with Gasteiger partial charge in [-0.3, -0.25) is 4.79 Å². The van der Waals surface area contributed by atoms with Crippen LogP contribution in [0.25, 0.3) is 15.9 Å². The van der Waals surface area contributed by atoms with Crippen molar-refractivity contribution < 1.29 is 9.90 Å². The molecule has 0 saturated heterocycles. The van der Waals surface area contributed by atoms with Crippen LogP contribution in [0, 0.1) is 13.8 Å². The molecule has 2 N–H and O–H groups in total. The maximum absolute atomic E-state index is 12.1. The SMILES string of the molecule is Cc1ccccc1-n1nc(C)c2cc(C(=O)NCCO)sc21. The van der Waals surface area contributed by atoms with Gasteiger partial charge in [0.25, 0.3) is 5.91 Å². The minimum Gasteiger partial charge on any atom is -0.395 e. The zero-order valence-corrected chi connectivity index (χ0v) is 13.3. The van der Waals surface area contributed by atoms with Gasteiger partial charge in [0.05, 0.1) is 22.9 Å². The van der Waals surface area contributed by atoms with Gasteiger partial charge in [-0.2, -0.15) is 5.10 Å². The highest BCUT2D eigenvalue weighted by molar-refractivity contribution is 7.20. The van der Waals surface area contributed by atoms with Crippen molar-refractivity contribution >= 4 is 27.5 Å². The Hall–Kier alpha value is -2.18. The summed E-state index contributed by atoms with van der Waals surface area (Å²) >= 11 is 1.41. The molecule has 6 heteroatoms. The number of carbonyl (C=O) groups is 1. The van der Waals surface area contributed by atoms with Crippen LogP contribution in [0.2, 0.25) is 0 Å². The molecule has 3 aromatic rings. The maximum atomic E-state index is 12.1. The fourth-order valence-electron chi connectivity index (χ4n) is 2.38. The average molecular weight is 315 g/mol. The highest BCUT2D eigenvalue weighted by Crippen LogP contribution is 2.31. The molecule has 0 spiro atoms. The molecule has 1 amide bonds. The van der Waals surface area contributed by atoms with Crippen molar-refractivity contribution in [3.05, 3.63) is 46.5 Å². The molecule has 0 aliphatic rings. The second-order valence-electron chi connectivity index (χ2n) is 5.09. The van der Waals surface area contributed by atoms with E-state index in [1.165, 1.54) is 11.3 Å². The van der Waals surface area contributed by atoms with Crippen LogP contribution in [0.5, 0.6) is 0 Å². The van der Waals surface area contributed by atoms with Crippen molar-refractivity contribution in [2.75, 3.05) is 13.2 Å². The van der Waals surface area contributed by atoms with Crippen molar-refractivity contribution in [3.8, 4) is 5.69 Å². The summed E-state index contributed by atoms with van der Waals surface area (Å²) < 4.78 is 1.90. The van der Waals surface area contributed by atoms with E-state index in [-0.39, 0.29) is 19.1 Å². The third kappa shape index (κ3) is 2.51. The Morgan fingerprint density at radius 3 is 2.86 bits per heavy atom. The molecule has 22 heavy (non-hydrogen) atoms. The second kappa shape index (κ2) is 5.90. The summed E-state index contributed by atoms with van der Waals surface area (Å²) in [5.74, 6) is -0.161. The monoisotopic (exact) mass is 315 g/mol. The molecule has 5 nitrogen and oxygen atoms in total. The van der Waals surface area contributed by atoms with Crippen molar-refractivity contribution in [1.29, 1.82) is 0 Å². The van der Waals surface area contributed by atoms with Crippen LogP contribution in [-0.4, -0.2) is 33.9 Å². The molecular weight excluding hydrogens is 298 g/mol. The summed E-state index contributed by atoms with van der Waals surface area (Å²) in [4.78, 5) is 13.6. The van der Waals surface area contributed by atoms with E-state index in [1.807, 2.05) is 48.9 Å². The lowest BCUT2D eigenvalue weighted by molar-refractivity contribution is 0.0949. The molecule has 0 radical (unpaired) electrons. The minimum atomic E-state index is -0.161. The molecule has 0 unspecified atom stereocenters. The Bertz CT molecular complexity index is 835. The molecule has 0 saturated carbocycles. The van der Waals surface area contributed by atoms with E-state index in [0.29, 0.717) is 4.88 Å². The van der Waals surface area contributed by atoms with Crippen LogP contribution >= 0.6 is 11.3 Å². The molecular formula is C16H17N3O2S. The number of thiophene rings is 1. The van der Waals surface area contributed by atoms with Crippen LogP contribution < -0.4 is 5.32 Å². The van der Waals surface area contributed by atoms with Crippen molar-refractivity contribution in [2.45, 2.75) is 13.8 Å². The van der Waals surface area contributed by atoms with E-state index < -0.39 is 0 Å². The summed E-state index contributed by atoms with van der Waals surface area (Å²) in [5.41, 5.74) is 3.05. The lowest BCUT2D eigenvalue weighted by atomic mass is 10.2. The van der Waals surface area contributed by atoms with Crippen LogP contribution in [0.3, 0.4) is 0 Å². The van der Waals surface area contributed by atoms with Crippen LogP contribution in [0.4, 0.5) is 0 Å². The Balaban J connectivity index is 2.08. The van der Waals surface area contributed by atoms with Crippen molar-refractivity contribution in [2.24, 2.45) is 0 Å². The van der Waals surface area contributed by atoms with Crippen LogP contribution in [0.1, 0.15) is 20.9 Å². The highest BCUT2D eigenvalue weighted by Gasteiger charge is 2.17. The third-order valence-electron chi connectivity index (χ3n) is 3.51. The molecule has 1 aromatic carbocycles. The van der Waals surface area contributed by atoms with Gasteiger partial charge in [-0.05, 0) is 31.5 Å². The molecule has 114 valence electrons. The topological polar surface area (TPSA) is 67.2 Å². The number of amides is 1. The van der Waals surface area contributed by atoms with Gasteiger partial charge in [-0.1, -0.05) is 18.2 Å². The number of hydrogen-bond donors (Lipinski definition) is 2. The number of carbonyl (C=O) groups excluding carboxylic acids is 1. The van der Waals surface area contributed by atoms with E-state index in [2.05, 4.69) is 10.4 Å². The number of aryl methyl sites for hydroxylation is 2. The number of aromatic nitrogens is 2. The fourth-order valence-corrected chi connectivity index (χ4v) is 3.47. The van der Waals surface area contributed by atoms with E-state index >= 15 is 0 Å².